The standard InChI is InChI=1S/C13H16ClNO2/c1-9(10-3-2-4-12(14)7-10)15-6-5-11(8-15)13(16)17/h2-4,7,9,11H,5-6,8H2,1H3,(H,16,17)/t9-,11-/m1/s1. The van der Waals surface area contributed by atoms with Gasteiger partial charge in [-0.25, -0.2) is 0 Å². The van der Waals surface area contributed by atoms with Crippen molar-refractivity contribution in [3.8, 4) is 0 Å². The number of carbonyl (C=O) groups is 1. The summed E-state index contributed by atoms with van der Waals surface area (Å²) in [5.41, 5.74) is 1.14. The highest BCUT2D eigenvalue weighted by molar-refractivity contribution is 6.30. The van der Waals surface area contributed by atoms with Gasteiger partial charge in [0.05, 0.1) is 5.92 Å². The van der Waals surface area contributed by atoms with Gasteiger partial charge in [-0.1, -0.05) is 23.7 Å². The molecule has 1 fully saturated rings. The third-order valence-electron chi connectivity index (χ3n) is 3.45. The number of benzene rings is 1. The van der Waals surface area contributed by atoms with Crippen LogP contribution in [0.25, 0.3) is 0 Å². The molecular formula is C13H16ClNO2. The fourth-order valence-corrected chi connectivity index (χ4v) is 2.52. The predicted octanol–water partition coefficient (Wildman–Crippen LogP) is 2.81. The van der Waals surface area contributed by atoms with Crippen LogP contribution in [-0.4, -0.2) is 29.1 Å². The number of likely N-dealkylation sites (tertiary alicyclic amines) is 1. The molecule has 1 aromatic carbocycles. The third-order valence-corrected chi connectivity index (χ3v) is 3.68. The van der Waals surface area contributed by atoms with Crippen LogP contribution in [0.1, 0.15) is 24.9 Å². The first-order chi connectivity index (χ1) is 8.08. The van der Waals surface area contributed by atoms with Crippen LogP contribution < -0.4 is 0 Å². The van der Waals surface area contributed by atoms with Gasteiger partial charge in [-0.05, 0) is 37.6 Å². The summed E-state index contributed by atoms with van der Waals surface area (Å²) in [6, 6.07) is 7.98. The van der Waals surface area contributed by atoms with E-state index < -0.39 is 5.97 Å². The van der Waals surface area contributed by atoms with E-state index in [0.717, 1.165) is 23.6 Å². The Morgan fingerprint density at radius 3 is 2.94 bits per heavy atom. The van der Waals surface area contributed by atoms with Gasteiger partial charge in [0, 0.05) is 17.6 Å². The average Bonchev–Trinajstić information content (AvgIpc) is 2.77. The summed E-state index contributed by atoms with van der Waals surface area (Å²) in [4.78, 5) is 13.1. The van der Waals surface area contributed by atoms with E-state index in [9.17, 15) is 4.79 Å². The summed E-state index contributed by atoms with van der Waals surface area (Å²) in [5, 5.41) is 9.71. The van der Waals surface area contributed by atoms with Gasteiger partial charge < -0.3 is 5.11 Å². The zero-order chi connectivity index (χ0) is 12.4. The molecule has 2 rings (SSSR count). The molecule has 1 saturated heterocycles. The van der Waals surface area contributed by atoms with E-state index in [0.29, 0.717) is 6.54 Å². The van der Waals surface area contributed by atoms with E-state index >= 15 is 0 Å². The number of carboxylic acids is 1. The third kappa shape index (κ3) is 2.79. The van der Waals surface area contributed by atoms with Gasteiger partial charge in [-0.2, -0.15) is 0 Å². The van der Waals surface area contributed by atoms with E-state index in [-0.39, 0.29) is 12.0 Å². The molecule has 3 nitrogen and oxygen atoms in total. The van der Waals surface area contributed by atoms with Crippen LogP contribution in [0.15, 0.2) is 24.3 Å². The molecule has 1 aliphatic heterocycles. The van der Waals surface area contributed by atoms with Crippen LogP contribution >= 0.6 is 11.6 Å². The number of aliphatic carboxylic acids is 1. The SMILES string of the molecule is C[C@H](c1cccc(Cl)c1)N1CC[C@@H](C(=O)O)C1. The first kappa shape index (κ1) is 12.4. The van der Waals surface area contributed by atoms with Gasteiger partial charge in [-0.15, -0.1) is 0 Å². The van der Waals surface area contributed by atoms with Crippen molar-refractivity contribution in [1.29, 1.82) is 0 Å². The van der Waals surface area contributed by atoms with Crippen molar-refractivity contribution in [3.63, 3.8) is 0 Å². The summed E-state index contributed by atoms with van der Waals surface area (Å²) in [6.07, 6.45) is 0.736. The van der Waals surface area contributed by atoms with Crippen LogP contribution in [0.2, 0.25) is 5.02 Å². The molecule has 1 aliphatic rings. The number of carboxylic acid groups (broad SMARTS) is 1. The van der Waals surface area contributed by atoms with Crippen LogP contribution in [0.4, 0.5) is 0 Å². The minimum atomic E-state index is -0.689. The van der Waals surface area contributed by atoms with Crippen molar-refractivity contribution in [2.45, 2.75) is 19.4 Å². The number of hydrogen-bond acceptors (Lipinski definition) is 2. The second-order valence-electron chi connectivity index (χ2n) is 4.55. The van der Waals surface area contributed by atoms with Gasteiger partial charge in [0.15, 0.2) is 0 Å². The van der Waals surface area contributed by atoms with Gasteiger partial charge in [0.1, 0.15) is 0 Å². The molecule has 0 unspecified atom stereocenters. The Balaban J connectivity index is 2.06. The fraction of sp³-hybridized carbons (Fsp3) is 0.462. The van der Waals surface area contributed by atoms with Crippen molar-refractivity contribution in [2.24, 2.45) is 5.92 Å². The Morgan fingerprint density at radius 1 is 1.59 bits per heavy atom. The van der Waals surface area contributed by atoms with Crippen molar-refractivity contribution < 1.29 is 9.90 Å². The number of hydrogen-bond donors (Lipinski definition) is 1. The quantitative estimate of drug-likeness (QED) is 0.901. The van der Waals surface area contributed by atoms with E-state index in [4.69, 9.17) is 16.7 Å². The molecular weight excluding hydrogens is 238 g/mol. The Morgan fingerprint density at radius 2 is 2.35 bits per heavy atom. The zero-order valence-corrected chi connectivity index (χ0v) is 10.5. The van der Waals surface area contributed by atoms with Crippen molar-refractivity contribution in [1.82, 2.24) is 4.90 Å². The van der Waals surface area contributed by atoms with Gasteiger partial charge in [0.25, 0.3) is 0 Å². The van der Waals surface area contributed by atoms with Crippen LogP contribution in [-0.2, 0) is 4.79 Å². The summed E-state index contributed by atoms with van der Waals surface area (Å²) in [6.45, 7) is 3.56. The predicted molar refractivity (Wildman–Crippen MR) is 67.2 cm³/mol. The second-order valence-corrected chi connectivity index (χ2v) is 4.99. The van der Waals surface area contributed by atoms with Crippen LogP contribution in [0.5, 0.6) is 0 Å². The summed E-state index contributed by atoms with van der Waals surface area (Å²) < 4.78 is 0. The maximum absolute atomic E-state index is 10.9. The average molecular weight is 254 g/mol. The number of halogens is 1. The first-order valence-electron chi connectivity index (χ1n) is 5.80. The molecule has 1 N–H and O–H groups in total. The summed E-state index contributed by atoms with van der Waals surface area (Å²) >= 11 is 5.96. The number of nitrogens with zero attached hydrogens (tertiary/aromatic N) is 1. The monoisotopic (exact) mass is 253 g/mol. The van der Waals surface area contributed by atoms with E-state index in [1.54, 1.807) is 0 Å². The fourth-order valence-electron chi connectivity index (χ4n) is 2.32. The van der Waals surface area contributed by atoms with Crippen molar-refractivity contribution >= 4 is 17.6 Å². The maximum Gasteiger partial charge on any atom is 0.307 e. The smallest absolute Gasteiger partial charge is 0.307 e. The molecule has 4 heteroatoms. The lowest BCUT2D eigenvalue weighted by Crippen LogP contribution is -2.26. The summed E-state index contributed by atoms with van der Waals surface area (Å²) in [5.74, 6) is -0.914. The largest absolute Gasteiger partial charge is 0.481 e. The summed E-state index contributed by atoms with van der Waals surface area (Å²) in [7, 11) is 0. The molecule has 0 bridgehead atoms. The molecule has 17 heavy (non-hydrogen) atoms. The second kappa shape index (κ2) is 5.07. The minimum absolute atomic E-state index is 0.220. The van der Waals surface area contributed by atoms with Crippen LogP contribution in [0.3, 0.4) is 0 Å². The molecule has 1 heterocycles. The van der Waals surface area contributed by atoms with Gasteiger partial charge >= 0.3 is 5.97 Å². The van der Waals surface area contributed by atoms with E-state index in [2.05, 4.69) is 11.8 Å². The lowest BCUT2D eigenvalue weighted by Gasteiger charge is -2.24. The Bertz CT molecular complexity index is 422. The molecule has 0 aliphatic carbocycles. The molecule has 0 amide bonds. The highest BCUT2D eigenvalue weighted by atomic mass is 35.5. The molecule has 1 aromatic rings. The normalized spacial score (nSPS) is 22.6. The highest BCUT2D eigenvalue weighted by Gasteiger charge is 2.30. The van der Waals surface area contributed by atoms with Gasteiger partial charge in [-0.3, -0.25) is 9.69 Å². The van der Waals surface area contributed by atoms with Crippen LogP contribution in [0, 0.1) is 5.92 Å². The lowest BCUT2D eigenvalue weighted by molar-refractivity contribution is -0.141. The van der Waals surface area contributed by atoms with E-state index in [1.165, 1.54) is 0 Å². The van der Waals surface area contributed by atoms with Gasteiger partial charge in [0.2, 0.25) is 0 Å². The maximum atomic E-state index is 10.9. The Kier molecular flexibility index (Phi) is 3.69. The minimum Gasteiger partial charge on any atom is -0.481 e. The lowest BCUT2D eigenvalue weighted by atomic mass is 10.1. The molecule has 0 aromatic heterocycles. The molecule has 2 atom stereocenters. The molecule has 0 spiro atoms. The Labute approximate surface area is 106 Å². The Hall–Kier alpha value is -1.06. The van der Waals surface area contributed by atoms with Crippen molar-refractivity contribution in [3.05, 3.63) is 34.9 Å². The van der Waals surface area contributed by atoms with Crippen molar-refractivity contribution in [2.75, 3.05) is 13.1 Å². The molecule has 0 radical (unpaired) electrons. The number of rotatable bonds is 3. The first-order valence-corrected chi connectivity index (χ1v) is 6.18. The van der Waals surface area contributed by atoms with E-state index in [1.807, 2.05) is 24.3 Å². The molecule has 0 saturated carbocycles. The zero-order valence-electron chi connectivity index (χ0n) is 9.77. The topological polar surface area (TPSA) is 40.5 Å². The highest BCUT2D eigenvalue weighted by Crippen LogP contribution is 2.28. The molecule has 92 valence electrons.